The van der Waals surface area contributed by atoms with Crippen molar-refractivity contribution in [2.24, 2.45) is 0 Å². The van der Waals surface area contributed by atoms with Crippen molar-refractivity contribution in [3.63, 3.8) is 0 Å². The molecule has 0 spiro atoms. The van der Waals surface area contributed by atoms with Crippen LogP contribution in [0, 0.1) is 0 Å². The highest BCUT2D eigenvalue weighted by atomic mass is 35.5. The highest BCUT2D eigenvalue weighted by molar-refractivity contribution is 7.89. The molecule has 2 aliphatic rings. The number of nitrogens with zero attached hydrogens (tertiary/aromatic N) is 2. The Morgan fingerprint density at radius 2 is 1.95 bits per heavy atom. The maximum Gasteiger partial charge on any atom is 0.243 e. The molecule has 2 fully saturated rings. The number of sulfonamides is 1. The molecule has 2 N–H and O–H groups in total. The fourth-order valence-corrected chi connectivity index (χ4v) is 4.89. The van der Waals surface area contributed by atoms with Gasteiger partial charge in [0.25, 0.3) is 0 Å². The molecule has 2 saturated heterocycles. The highest BCUT2D eigenvalue weighted by Gasteiger charge is 2.34. The molecule has 0 amide bonds. The lowest BCUT2D eigenvalue weighted by atomic mass is 10.2. The second kappa shape index (κ2) is 5.76. The van der Waals surface area contributed by atoms with E-state index in [0.29, 0.717) is 29.8 Å². The highest BCUT2D eigenvalue weighted by Crippen LogP contribution is 2.28. The van der Waals surface area contributed by atoms with Crippen LogP contribution in [-0.2, 0) is 10.0 Å². The summed E-state index contributed by atoms with van der Waals surface area (Å²) in [6, 6.07) is 4.89. The summed E-state index contributed by atoms with van der Waals surface area (Å²) in [6.07, 6.45) is 3.11. The molecule has 21 heavy (non-hydrogen) atoms. The van der Waals surface area contributed by atoms with E-state index in [9.17, 15) is 8.42 Å². The maximum absolute atomic E-state index is 12.8. The minimum atomic E-state index is -3.50. The van der Waals surface area contributed by atoms with Crippen LogP contribution in [0.15, 0.2) is 23.1 Å². The summed E-state index contributed by atoms with van der Waals surface area (Å²) >= 11 is 5.88. The van der Waals surface area contributed by atoms with E-state index in [-0.39, 0.29) is 4.90 Å². The number of anilines is 1. The van der Waals surface area contributed by atoms with Crippen molar-refractivity contribution in [2.75, 3.05) is 31.9 Å². The SMILES string of the molecule is Nc1cc(S(=O)(=O)N2CCCN3CCCC3C2)ccc1Cl. The van der Waals surface area contributed by atoms with Gasteiger partial charge in [-0.1, -0.05) is 11.6 Å². The predicted octanol–water partition coefficient (Wildman–Crippen LogP) is 1.78. The minimum Gasteiger partial charge on any atom is -0.397 e. The molecule has 0 bridgehead atoms. The Kier molecular flexibility index (Phi) is 4.14. The molecule has 0 aromatic heterocycles. The zero-order valence-corrected chi connectivity index (χ0v) is 13.4. The van der Waals surface area contributed by atoms with Crippen LogP contribution in [0.3, 0.4) is 0 Å². The Labute approximate surface area is 130 Å². The molecule has 0 aliphatic carbocycles. The molecule has 1 aromatic carbocycles. The molecule has 116 valence electrons. The van der Waals surface area contributed by atoms with Crippen molar-refractivity contribution in [2.45, 2.75) is 30.2 Å². The molecule has 2 heterocycles. The summed E-state index contributed by atoms with van der Waals surface area (Å²) in [4.78, 5) is 2.64. The first-order valence-corrected chi connectivity index (χ1v) is 9.09. The summed E-state index contributed by atoms with van der Waals surface area (Å²) in [7, 11) is -3.50. The third-order valence-electron chi connectivity index (χ3n) is 4.37. The Bertz CT molecular complexity index is 635. The first-order valence-electron chi connectivity index (χ1n) is 7.28. The average molecular weight is 330 g/mol. The lowest BCUT2D eigenvalue weighted by molar-refractivity contribution is 0.257. The van der Waals surface area contributed by atoms with Gasteiger partial charge in [-0.2, -0.15) is 4.31 Å². The van der Waals surface area contributed by atoms with Crippen LogP contribution >= 0.6 is 11.6 Å². The molecule has 7 heteroatoms. The predicted molar refractivity (Wildman–Crippen MR) is 83.8 cm³/mol. The summed E-state index contributed by atoms with van der Waals surface area (Å²) in [5, 5.41) is 0.381. The normalized spacial score (nSPS) is 24.7. The van der Waals surface area contributed by atoms with Gasteiger partial charge in [0.1, 0.15) is 0 Å². The Hall–Kier alpha value is -0.820. The average Bonchev–Trinajstić information content (AvgIpc) is 2.78. The first-order chi connectivity index (χ1) is 9.98. The second-order valence-electron chi connectivity index (χ2n) is 5.73. The molecule has 2 aliphatic heterocycles. The zero-order valence-electron chi connectivity index (χ0n) is 11.8. The number of benzene rings is 1. The molecule has 1 unspecified atom stereocenters. The molecule has 1 aromatic rings. The summed E-state index contributed by atoms with van der Waals surface area (Å²) in [6.45, 7) is 3.22. The van der Waals surface area contributed by atoms with Crippen molar-refractivity contribution >= 4 is 27.3 Å². The zero-order chi connectivity index (χ0) is 15.0. The van der Waals surface area contributed by atoms with E-state index in [4.69, 9.17) is 17.3 Å². The Morgan fingerprint density at radius 1 is 1.19 bits per heavy atom. The molecular formula is C14H20ClN3O2S. The van der Waals surface area contributed by atoms with E-state index in [1.807, 2.05) is 0 Å². The monoisotopic (exact) mass is 329 g/mol. The van der Waals surface area contributed by atoms with Gasteiger partial charge in [0.15, 0.2) is 0 Å². The van der Waals surface area contributed by atoms with Gasteiger partial charge in [0.2, 0.25) is 10.0 Å². The fraction of sp³-hybridized carbons (Fsp3) is 0.571. The number of rotatable bonds is 2. The summed E-state index contributed by atoms with van der Waals surface area (Å²) in [5.41, 5.74) is 6.04. The van der Waals surface area contributed by atoms with E-state index in [1.165, 1.54) is 12.1 Å². The van der Waals surface area contributed by atoms with Crippen LogP contribution in [0.4, 0.5) is 5.69 Å². The lowest BCUT2D eigenvalue weighted by Crippen LogP contribution is -2.39. The molecule has 5 nitrogen and oxygen atoms in total. The van der Waals surface area contributed by atoms with Gasteiger partial charge in [-0.25, -0.2) is 8.42 Å². The van der Waals surface area contributed by atoms with Crippen LogP contribution < -0.4 is 5.73 Å². The van der Waals surface area contributed by atoms with Crippen molar-refractivity contribution in [1.29, 1.82) is 0 Å². The standard InChI is InChI=1S/C14H20ClN3O2S/c15-13-5-4-12(9-14(13)16)21(19,20)18-8-2-7-17-6-1-3-11(17)10-18/h4-5,9,11H,1-3,6-8,10,16H2. The second-order valence-corrected chi connectivity index (χ2v) is 8.08. The van der Waals surface area contributed by atoms with E-state index in [0.717, 1.165) is 32.4 Å². The van der Waals surface area contributed by atoms with Gasteiger partial charge in [-0.3, -0.25) is 4.90 Å². The first kappa shape index (κ1) is 15.1. The number of fused-ring (bicyclic) bond motifs is 1. The van der Waals surface area contributed by atoms with Crippen LogP contribution in [0.5, 0.6) is 0 Å². The van der Waals surface area contributed by atoms with E-state index in [1.54, 1.807) is 10.4 Å². The minimum absolute atomic E-state index is 0.232. The maximum atomic E-state index is 12.8. The molecule has 0 radical (unpaired) electrons. The van der Waals surface area contributed by atoms with Gasteiger partial charge in [-0.15, -0.1) is 0 Å². The molecule has 1 atom stereocenters. The number of hydrogen-bond donors (Lipinski definition) is 1. The fourth-order valence-electron chi connectivity index (χ4n) is 3.22. The summed E-state index contributed by atoms with van der Waals surface area (Å²) in [5.74, 6) is 0. The van der Waals surface area contributed by atoms with Gasteiger partial charge in [-0.05, 0) is 50.6 Å². The third-order valence-corrected chi connectivity index (χ3v) is 6.58. The molecular weight excluding hydrogens is 310 g/mol. The Balaban J connectivity index is 1.88. The lowest BCUT2D eigenvalue weighted by Gasteiger charge is -2.25. The van der Waals surface area contributed by atoms with Gasteiger partial charge < -0.3 is 5.73 Å². The largest absolute Gasteiger partial charge is 0.397 e. The van der Waals surface area contributed by atoms with Gasteiger partial charge >= 0.3 is 0 Å². The van der Waals surface area contributed by atoms with Crippen LogP contribution in [0.25, 0.3) is 0 Å². The third kappa shape index (κ3) is 2.90. The van der Waals surface area contributed by atoms with Gasteiger partial charge in [0, 0.05) is 19.1 Å². The van der Waals surface area contributed by atoms with Gasteiger partial charge in [0.05, 0.1) is 15.6 Å². The van der Waals surface area contributed by atoms with Crippen LogP contribution in [-0.4, -0.2) is 49.8 Å². The Morgan fingerprint density at radius 3 is 2.71 bits per heavy atom. The van der Waals surface area contributed by atoms with E-state index in [2.05, 4.69) is 4.90 Å². The number of nitrogen functional groups attached to an aromatic ring is 1. The number of halogens is 1. The van der Waals surface area contributed by atoms with Crippen molar-refractivity contribution in [3.8, 4) is 0 Å². The van der Waals surface area contributed by atoms with Crippen LogP contribution in [0.2, 0.25) is 5.02 Å². The molecule has 0 saturated carbocycles. The van der Waals surface area contributed by atoms with E-state index >= 15 is 0 Å². The van der Waals surface area contributed by atoms with E-state index < -0.39 is 10.0 Å². The smallest absolute Gasteiger partial charge is 0.243 e. The number of nitrogens with two attached hydrogens (primary N) is 1. The number of hydrogen-bond acceptors (Lipinski definition) is 4. The topological polar surface area (TPSA) is 66.6 Å². The quantitative estimate of drug-likeness (QED) is 0.840. The van der Waals surface area contributed by atoms with Crippen LogP contribution in [0.1, 0.15) is 19.3 Å². The molecule has 3 rings (SSSR count). The van der Waals surface area contributed by atoms with Crippen molar-refractivity contribution < 1.29 is 8.42 Å². The van der Waals surface area contributed by atoms with Crippen molar-refractivity contribution in [3.05, 3.63) is 23.2 Å². The summed E-state index contributed by atoms with van der Waals surface area (Å²) < 4.78 is 27.2. The van der Waals surface area contributed by atoms with Crippen molar-refractivity contribution in [1.82, 2.24) is 9.21 Å².